The second-order valence-electron chi connectivity index (χ2n) is 7.72. The fourth-order valence-corrected chi connectivity index (χ4v) is 3.77. The van der Waals surface area contributed by atoms with Gasteiger partial charge in [-0.25, -0.2) is 9.69 Å². The molecule has 2 aromatic rings. The van der Waals surface area contributed by atoms with Gasteiger partial charge in [-0.2, -0.15) is 0 Å². The number of non-ortho nitro benzene ring substituents is 1. The molecule has 1 atom stereocenters. The molecular formula is C24H25N3O9. The summed E-state index contributed by atoms with van der Waals surface area (Å²) in [6, 6.07) is 9.59. The summed E-state index contributed by atoms with van der Waals surface area (Å²) in [6.45, 7) is 1.66. The minimum atomic E-state index is -1.21. The van der Waals surface area contributed by atoms with Crippen LogP contribution >= 0.6 is 0 Å². The van der Waals surface area contributed by atoms with Crippen molar-refractivity contribution in [2.75, 3.05) is 32.3 Å². The monoisotopic (exact) mass is 499 g/mol. The van der Waals surface area contributed by atoms with Gasteiger partial charge in [0.25, 0.3) is 17.5 Å². The average molecular weight is 499 g/mol. The summed E-state index contributed by atoms with van der Waals surface area (Å²) in [6.07, 6.45) is -1.24. The number of carbonyl (C=O) groups excluding carboxylic acids is 4. The number of carbonyl (C=O) groups is 4. The smallest absolute Gasteiger partial charge is 0.338 e. The number of imide groups is 1. The van der Waals surface area contributed by atoms with Gasteiger partial charge in [0.05, 0.1) is 35.7 Å². The highest BCUT2D eigenvalue weighted by Crippen LogP contribution is 2.28. The van der Waals surface area contributed by atoms with Gasteiger partial charge in [0.1, 0.15) is 6.04 Å². The Morgan fingerprint density at radius 3 is 2.36 bits per heavy atom. The van der Waals surface area contributed by atoms with Gasteiger partial charge in [-0.15, -0.1) is 0 Å². The lowest BCUT2D eigenvalue weighted by Gasteiger charge is -2.30. The number of nitro groups is 1. The molecule has 3 amide bonds. The molecule has 1 saturated heterocycles. The number of hydrogen-bond donors (Lipinski definition) is 0. The van der Waals surface area contributed by atoms with Crippen LogP contribution in [0, 0.1) is 10.1 Å². The molecule has 0 bridgehead atoms. The number of anilines is 1. The zero-order valence-corrected chi connectivity index (χ0v) is 19.9. The van der Waals surface area contributed by atoms with Crippen LogP contribution in [0.1, 0.15) is 34.1 Å². The minimum absolute atomic E-state index is 0.0346. The van der Waals surface area contributed by atoms with Gasteiger partial charge >= 0.3 is 5.97 Å². The van der Waals surface area contributed by atoms with Crippen LogP contribution in [0.2, 0.25) is 0 Å². The molecule has 12 nitrogen and oxygen atoms in total. The Hall–Kier alpha value is -4.16. The van der Waals surface area contributed by atoms with Crippen molar-refractivity contribution in [3.05, 3.63) is 69.8 Å². The Labute approximate surface area is 206 Å². The van der Waals surface area contributed by atoms with Crippen molar-refractivity contribution in [3.8, 4) is 0 Å². The minimum Gasteiger partial charge on any atom is -0.462 e. The Morgan fingerprint density at radius 2 is 1.78 bits per heavy atom. The fraction of sp³-hybridized carbons (Fsp3) is 0.333. The predicted molar refractivity (Wildman–Crippen MR) is 125 cm³/mol. The number of benzene rings is 2. The maximum atomic E-state index is 13.4. The van der Waals surface area contributed by atoms with Crippen LogP contribution in [-0.2, 0) is 23.8 Å². The summed E-state index contributed by atoms with van der Waals surface area (Å²) in [5, 5.41) is 11.2. The van der Waals surface area contributed by atoms with E-state index in [2.05, 4.69) is 0 Å². The molecule has 1 unspecified atom stereocenters. The van der Waals surface area contributed by atoms with Crippen LogP contribution in [-0.4, -0.2) is 73.2 Å². The molecule has 1 aliphatic heterocycles. The van der Waals surface area contributed by atoms with Crippen molar-refractivity contribution in [1.29, 1.82) is 0 Å². The normalized spacial score (nSPS) is 15.3. The van der Waals surface area contributed by atoms with E-state index in [1.165, 1.54) is 56.7 Å². The van der Waals surface area contributed by atoms with Crippen molar-refractivity contribution >= 4 is 35.1 Å². The van der Waals surface area contributed by atoms with Crippen LogP contribution in [0.5, 0.6) is 0 Å². The molecule has 1 heterocycles. The molecule has 3 rings (SSSR count). The lowest BCUT2D eigenvalue weighted by Crippen LogP contribution is -2.49. The first-order valence-corrected chi connectivity index (χ1v) is 11.0. The first kappa shape index (κ1) is 26.4. The molecule has 190 valence electrons. The molecule has 0 spiro atoms. The Morgan fingerprint density at radius 1 is 1.11 bits per heavy atom. The Bertz CT molecular complexity index is 1160. The van der Waals surface area contributed by atoms with E-state index in [1.807, 2.05) is 0 Å². The summed E-state index contributed by atoms with van der Waals surface area (Å²) in [5.74, 6) is -2.48. The lowest BCUT2D eigenvalue weighted by molar-refractivity contribution is -0.384. The number of amides is 3. The van der Waals surface area contributed by atoms with Crippen molar-refractivity contribution in [1.82, 2.24) is 4.90 Å². The standard InChI is InChI=1S/C24H25N3O9/c1-4-36-24(31)15-8-10-17(11-9-15)26-20(28)13-19(23(26)30)25(14-21(34-2)35-3)22(29)16-6-5-7-18(12-16)27(32)33/h5-12,19,21H,4,13-14H2,1-3H3. The highest BCUT2D eigenvalue weighted by Gasteiger charge is 2.45. The molecule has 0 saturated carbocycles. The van der Waals surface area contributed by atoms with Crippen LogP contribution < -0.4 is 4.90 Å². The van der Waals surface area contributed by atoms with E-state index in [1.54, 1.807) is 6.92 Å². The van der Waals surface area contributed by atoms with Gasteiger partial charge in [-0.1, -0.05) is 6.07 Å². The first-order valence-electron chi connectivity index (χ1n) is 11.0. The first-order chi connectivity index (χ1) is 17.2. The maximum absolute atomic E-state index is 13.4. The molecule has 1 fully saturated rings. The molecule has 12 heteroatoms. The topological polar surface area (TPSA) is 146 Å². The number of ether oxygens (including phenoxy) is 3. The fourth-order valence-electron chi connectivity index (χ4n) is 3.77. The molecule has 2 aromatic carbocycles. The lowest BCUT2D eigenvalue weighted by atomic mass is 10.1. The zero-order valence-electron chi connectivity index (χ0n) is 19.9. The van der Waals surface area contributed by atoms with E-state index < -0.39 is 40.9 Å². The number of esters is 1. The van der Waals surface area contributed by atoms with Crippen LogP contribution in [0.4, 0.5) is 11.4 Å². The second-order valence-corrected chi connectivity index (χ2v) is 7.72. The molecule has 36 heavy (non-hydrogen) atoms. The van der Waals surface area contributed by atoms with Gasteiger partial charge in [0, 0.05) is 31.9 Å². The SMILES string of the molecule is CCOC(=O)c1ccc(N2C(=O)CC(N(CC(OC)OC)C(=O)c3cccc([N+](=O)[O-])c3)C2=O)cc1. The van der Waals surface area contributed by atoms with Gasteiger partial charge < -0.3 is 19.1 Å². The van der Waals surface area contributed by atoms with E-state index in [9.17, 15) is 29.3 Å². The van der Waals surface area contributed by atoms with Gasteiger partial charge in [0.2, 0.25) is 5.91 Å². The largest absolute Gasteiger partial charge is 0.462 e. The Kier molecular flexibility index (Phi) is 8.46. The van der Waals surface area contributed by atoms with Crippen molar-refractivity contribution in [3.63, 3.8) is 0 Å². The number of hydrogen-bond acceptors (Lipinski definition) is 9. The maximum Gasteiger partial charge on any atom is 0.338 e. The zero-order chi connectivity index (χ0) is 26.4. The average Bonchev–Trinajstić information content (AvgIpc) is 3.18. The third-order valence-corrected chi connectivity index (χ3v) is 5.57. The van der Waals surface area contributed by atoms with Crippen molar-refractivity contribution in [2.24, 2.45) is 0 Å². The van der Waals surface area contributed by atoms with Crippen molar-refractivity contribution in [2.45, 2.75) is 25.7 Å². The number of methoxy groups -OCH3 is 2. The molecule has 0 N–H and O–H groups in total. The van der Waals surface area contributed by atoms with E-state index >= 15 is 0 Å². The summed E-state index contributed by atoms with van der Waals surface area (Å²) in [4.78, 5) is 64.1. The second kappa shape index (κ2) is 11.5. The molecule has 0 aliphatic carbocycles. The molecular weight excluding hydrogens is 474 g/mol. The molecule has 0 radical (unpaired) electrons. The van der Waals surface area contributed by atoms with E-state index in [-0.39, 0.29) is 42.1 Å². The highest BCUT2D eigenvalue weighted by atomic mass is 16.7. The summed E-state index contributed by atoms with van der Waals surface area (Å²) in [5.41, 5.74) is 0.140. The van der Waals surface area contributed by atoms with E-state index in [0.717, 1.165) is 15.9 Å². The summed E-state index contributed by atoms with van der Waals surface area (Å²) in [7, 11) is 2.70. The van der Waals surface area contributed by atoms with Crippen LogP contribution in [0.15, 0.2) is 48.5 Å². The van der Waals surface area contributed by atoms with E-state index in [0.29, 0.717) is 0 Å². The Balaban J connectivity index is 1.92. The third kappa shape index (κ3) is 5.56. The summed E-state index contributed by atoms with van der Waals surface area (Å²) < 4.78 is 15.3. The molecule has 1 aliphatic rings. The molecule has 0 aromatic heterocycles. The van der Waals surface area contributed by atoms with Crippen molar-refractivity contribution < 1.29 is 38.3 Å². The van der Waals surface area contributed by atoms with Crippen LogP contribution in [0.3, 0.4) is 0 Å². The third-order valence-electron chi connectivity index (χ3n) is 5.57. The highest BCUT2D eigenvalue weighted by molar-refractivity contribution is 6.23. The summed E-state index contributed by atoms with van der Waals surface area (Å²) >= 11 is 0. The number of nitro benzene ring substituents is 1. The number of rotatable bonds is 10. The van der Waals surface area contributed by atoms with Gasteiger partial charge in [-0.05, 0) is 37.3 Å². The quantitative estimate of drug-likeness (QED) is 0.158. The number of nitrogens with zero attached hydrogens (tertiary/aromatic N) is 3. The van der Waals surface area contributed by atoms with Gasteiger partial charge in [-0.3, -0.25) is 24.5 Å². The predicted octanol–water partition coefficient (Wildman–Crippen LogP) is 2.16. The van der Waals surface area contributed by atoms with Gasteiger partial charge in [0.15, 0.2) is 6.29 Å². The van der Waals surface area contributed by atoms with E-state index in [4.69, 9.17) is 14.2 Å². The van der Waals surface area contributed by atoms with Crippen LogP contribution in [0.25, 0.3) is 0 Å².